The van der Waals surface area contributed by atoms with Crippen molar-refractivity contribution in [3.8, 4) is 0 Å². The molecule has 104 valence electrons. The number of rotatable bonds is 2. The molecule has 0 spiro atoms. The first kappa shape index (κ1) is 14.4. The number of aliphatic imine (C=N–C) groups is 1. The zero-order valence-corrected chi connectivity index (χ0v) is 10.9. The van der Waals surface area contributed by atoms with Crippen LogP contribution < -0.4 is 5.73 Å². The lowest BCUT2D eigenvalue weighted by molar-refractivity contribution is -0.137. The van der Waals surface area contributed by atoms with Gasteiger partial charge in [-0.3, -0.25) is 0 Å². The largest absolute Gasteiger partial charge is 0.416 e. The lowest BCUT2D eigenvalue weighted by Gasteiger charge is -2.08. The Kier molecular flexibility index (Phi) is 3.99. The second-order valence-corrected chi connectivity index (χ2v) is 4.50. The maximum atomic E-state index is 12.7. The maximum Gasteiger partial charge on any atom is 0.416 e. The predicted molar refractivity (Wildman–Crippen MR) is 73.3 cm³/mol. The molecule has 0 atom stereocenters. The number of hydrogen-bond donors (Lipinski definition) is 1. The first-order valence-corrected chi connectivity index (χ1v) is 6.01. The number of hydrogen-bond acceptors (Lipinski definition) is 1. The number of benzene rings is 2. The van der Waals surface area contributed by atoms with Gasteiger partial charge in [0.15, 0.2) is 0 Å². The minimum atomic E-state index is -4.48. The summed E-state index contributed by atoms with van der Waals surface area (Å²) in [6, 6.07) is 11.8. The Morgan fingerprint density at radius 2 is 1.70 bits per heavy atom. The Morgan fingerprint density at radius 1 is 1.05 bits per heavy atom. The van der Waals surface area contributed by atoms with Crippen molar-refractivity contribution in [1.29, 1.82) is 0 Å². The Hall–Kier alpha value is -2.01. The van der Waals surface area contributed by atoms with Gasteiger partial charge in [-0.2, -0.15) is 13.2 Å². The summed E-state index contributed by atoms with van der Waals surface area (Å²) in [6.07, 6.45) is -4.48. The van der Waals surface area contributed by atoms with Crippen LogP contribution in [0.3, 0.4) is 0 Å². The van der Waals surface area contributed by atoms with Gasteiger partial charge in [-0.05, 0) is 18.2 Å². The smallest absolute Gasteiger partial charge is 0.383 e. The highest BCUT2D eigenvalue weighted by molar-refractivity contribution is 6.31. The first-order valence-electron chi connectivity index (χ1n) is 5.63. The molecule has 0 radical (unpaired) electrons. The fourth-order valence-corrected chi connectivity index (χ4v) is 1.84. The topological polar surface area (TPSA) is 38.4 Å². The second-order valence-electron chi connectivity index (χ2n) is 4.06. The third-order valence-electron chi connectivity index (χ3n) is 2.53. The summed E-state index contributed by atoms with van der Waals surface area (Å²) in [4.78, 5) is 3.97. The van der Waals surface area contributed by atoms with Crippen molar-refractivity contribution in [3.05, 3.63) is 64.7 Å². The third kappa shape index (κ3) is 3.51. The van der Waals surface area contributed by atoms with Crippen LogP contribution in [0.25, 0.3) is 0 Å². The van der Waals surface area contributed by atoms with E-state index in [0.717, 1.165) is 12.1 Å². The van der Waals surface area contributed by atoms with Crippen molar-refractivity contribution in [2.75, 3.05) is 0 Å². The molecule has 0 unspecified atom stereocenters. The molecule has 0 saturated heterocycles. The summed E-state index contributed by atoms with van der Waals surface area (Å²) in [7, 11) is 0. The number of alkyl halides is 3. The normalized spacial score (nSPS) is 12.5. The summed E-state index contributed by atoms with van der Waals surface area (Å²) < 4.78 is 38.0. The molecule has 0 bridgehead atoms. The summed E-state index contributed by atoms with van der Waals surface area (Å²) in [5.74, 6) is 0.126. The quantitative estimate of drug-likeness (QED) is 0.648. The molecular formula is C14H10ClF3N2. The Labute approximate surface area is 118 Å². The minimum Gasteiger partial charge on any atom is -0.383 e. The van der Waals surface area contributed by atoms with Crippen LogP contribution in [-0.4, -0.2) is 5.84 Å². The van der Waals surface area contributed by atoms with Crippen LogP contribution in [0.1, 0.15) is 11.1 Å². The van der Waals surface area contributed by atoms with Crippen molar-refractivity contribution in [1.82, 2.24) is 0 Å². The van der Waals surface area contributed by atoms with E-state index in [9.17, 15) is 13.2 Å². The Balaban J connectivity index is 2.41. The van der Waals surface area contributed by atoms with Crippen LogP contribution in [0.15, 0.2) is 53.5 Å². The van der Waals surface area contributed by atoms with Gasteiger partial charge in [0.1, 0.15) is 5.84 Å². The van der Waals surface area contributed by atoms with Gasteiger partial charge in [0.05, 0.1) is 11.3 Å². The van der Waals surface area contributed by atoms with Crippen molar-refractivity contribution in [3.63, 3.8) is 0 Å². The molecule has 2 aromatic carbocycles. The zero-order chi connectivity index (χ0) is 14.8. The molecule has 20 heavy (non-hydrogen) atoms. The fraction of sp³-hybridized carbons (Fsp3) is 0.0714. The van der Waals surface area contributed by atoms with E-state index in [1.54, 1.807) is 30.3 Å². The van der Waals surface area contributed by atoms with Crippen LogP contribution in [0.2, 0.25) is 5.02 Å². The average Bonchev–Trinajstić information content (AvgIpc) is 2.38. The maximum absolute atomic E-state index is 12.7. The van der Waals surface area contributed by atoms with E-state index >= 15 is 0 Å². The van der Waals surface area contributed by atoms with Gasteiger partial charge in [0.2, 0.25) is 0 Å². The molecule has 0 aliphatic carbocycles. The first-order chi connectivity index (χ1) is 9.36. The zero-order valence-electron chi connectivity index (χ0n) is 10.2. The van der Waals surface area contributed by atoms with Crippen LogP contribution in [0.5, 0.6) is 0 Å². The lowest BCUT2D eigenvalue weighted by Crippen LogP contribution is -2.12. The van der Waals surface area contributed by atoms with Crippen molar-refractivity contribution in [2.24, 2.45) is 10.7 Å². The molecule has 0 saturated carbocycles. The number of nitrogens with two attached hydrogens (primary N) is 1. The van der Waals surface area contributed by atoms with Gasteiger partial charge in [-0.25, -0.2) is 4.99 Å². The van der Waals surface area contributed by atoms with Crippen molar-refractivity contribution >= 4 is 23.1 Å². The van der Waals surface area contributed by atoms with Gasteiger partial charge < -0.3 is 5.73 Å². The fourth-order valence-electron chi connectivity index (χ4n) is 1.61. The van der Waals surface area contributed by atoms with Crippen molar-refractivity contribution in [2.45, 2.75) is 6.18 Å². The molecule has 0 amide bonds. The second kappa shape index (κ2) is 5.54. The summed E-state index contributed by atoms with van der Waals surface area (Å²) in [5.41, 5.74) is 5.59. The highest BCUT2D eigenvalue weighted by atomic mass is 35.5. The van der Waals surface area contributed by atoms with E-state index in [-0.39, 0.29) is 16.5 Å². The molecule has 2 nitrogen and oxygen atoms in total. The van der Waals surface area contributed by atoms with E-state index in [1.165, 1.54) is 6.07 Å². The van der Waals surface area contributed by atoms with E-state index in [4.69, 9.17) is 17.3 Å². The van der Waals surface area contributed by atoms with Gasteiger partial charge in [0.25, 0.3) is 0 Å². The van der Waals surface area contributed by atoms with E-state index in [1.807, 2.05) is 0 Å². The third-order valence-corrected chi connectivity index (χ3v) is 2.75. The highest BCUT2D eigenvalue weighted by Crippen LogP contribution is 2.34. The van der Waals surface area contributed by atoms with Crippen LogP contribution >= 0.6 is 11.6 Å². The Morgan fingerprint density at radius 3 is 2.30 bits per heavy atom. The summed E-state index contributed by atoms with van der Waals surface area (Å²) in [5, 5.41) is -0.0422. The minimum absolute atomic E-state index is 0.0422. The number of nitrogens with zero attached hydrogens (tertiary/aromatic N) is 1. The van der Waals surface area contributed by atoms with Crippen LogP contribution in [0.4, 0.5) is 18.9 Å². The average molecular weight is 299 g/mol. The molecule has 0 aromatic heterocycles. The Bertz CT molecular complexity index is 637. The molecule has 0 aliphatic rings. The summed E-state index contributed by atoms with van der Waals surface area (Å²) >= 11 is 5.68. The molecule has 0 fully saturated rings. The van der Waals surface area contributed by atoms with Gasteiger partial charge in [0, 0.05) is 10.6 Å². The standard InChI is InChI=1S/C14H10ClF3N2/c15-11-6-10(14(16,17)18)7-12(8-11)20-13(19)9-4-2-1-3-5-9/h1-8H,(H2,19,20). The lowest BCUT2D eigenvalue weighted by atomic mass is 10.2. The van der Waals surface area contributed by atoms with E-state index in [0.29, 0.717) is 5.56 Å². The SMILES string of the molecule is NC(=Nc1cc(Cl)cc(C(F)(F)F)c1)c1ccccc1. The number of amidine groups is 1. The van der Waals surface area contributed by atoms with Gasteiger partial charge in [-0.1, -0.05) is 41.9 Å². The highest BCUT2D eigenvalue weighted by Gasteiger charge is 2.31. The van der Waals surface area contributed by atoms with Crippen LogP contribution in [0, 0.1) is 0 Å². The molecule has 2 N–H and O–H groups in total. The molecule has 0 aliphatic heterocycles. The van der Waals surface area contributed by atoms with E-state index < -0.39 is 11.7 Å². The van der Waals surface area contributed by atoms with Gasteiger partial charge >= 0.3 is 6.18 Å². The predicted octanol–water partition coefficient (Wildman–Crippen LogP) is 4.40. The molecule has 2 rings (SSSR count). The monoisotopic (exact) mass is 298 g/mol. The van der Waals surface area contributed by atoms with Crippen molar-refractivity contribution < 1.29 is 13.2 Å². The van der Waals surface area contributed by atoms with E-state index in [2.05, 4.69) is 4.99 Å². The number of halogens is 4. The molecule has 2 aromatic rings. The molecule has 6 heteroatoms. The van der Waals surface area contributed by atoms with Gasteiger partial charge in [-0.15, -0.1) is 0 Å². The van der Waals surface area contributed by atoms with Crippen LogP contribution in [-0.2, 0) is 6.18 Å². The molecular weight excluding hydrogens is 289 g/mol. The summed E-state index contributed by atoms with van der Waals surface area (Å²) in [6.45, 7) is 0. The molecule has 0 heterocycles.